The number of hydrogen-bond acceptors (Lipinski definition) is 5. The Labute approximate surface area is 190 Å². The summed E-state index contributed by atoms with van der Waals surface area (Å²) in [6, 6.07) is 19.7. The number of fused-ring (bicyclic) bond motifs is 1. The quantitative estimate of drug-likeness (QED) is 0.340. The van der Waals surface area contributed by atoms with E-state index in [0.717, 1.165) is 10.8 Å². The Morgan fingerprint density at radius 2 is 1.59 bits per heavy atom. The molecular formula is C23H22N4O4S. The smallest absolute Gasteiger partial charge is 0.269 e. The maximum absolute atomic E-state index is 12.2. The van der Waals surface area contributed by atoms with Gasteiger partial charge in [-0.05, 0) is 59.4 Å². The van der Waals surface area contributed by atoms with Gasteiger partial charge in [0.2, 0.25) is 5.91 Å². The lowest BCUT2D eigenvalue weighted by atomic mass is 10.1. The summed E-state index contributed by atoms with van der Waals surface area (Å²) in [6.07, 6.45) is 0.364. The van der Waals surface area contributed by atoms with Crippen molar-refractivity contribution in [3.8, 4) is 5.75 Å². The van der Waals surface area contributed by atoms with Gasteiger partial charge in [0.15, 0.2) is 11.7 Å². The van der Waals surface area contributed by atoms with Crippen molar-refractivity contribution in [2.24, 2.45) is 0 Å². The third kappa shape index (κ3) is 6.51. The van der Waals surface area contributed by atoms with Crippen LogP contribution >= 0.6 is 12.2 Å². The van der Waals surface area contributed by atoms with Crippen LogP contribution in [0, 0.1) is 0 Å². The summed E-state index contributed by atoms with van der Waals surface area (Å²) in [7, 11) is 0. The minimum Gasteiger partial charge on any atom is -0.484 e. The molecule has 3 aromatic carbocycles. The van der Waals surface area contributed by atoms with Crippen LogP contribution in [-0.2, 0) is 9.59 Å². The molecule has 3 rings (SSSR count). The number of carbonyl (C=O) groups is 3. The van der Waals surface area contributed by atoms with Gasteiger partial charge in [0.1, 0.15) is 5.75 Å². The molecule has 0 aliphatic heterocycles. The summed E-state index contributed by atoms with van der Waals surface area (Å²) in [5.74, 6) is -0.484. The summed E-state index contributed by atoms with van der Waals surface area (Å²) in [4.78, 5) is 35.6. The van der Waals surface area contributed by atoms with Crippen molar-refractivity contribution in [3.63, 3.8) is 0 Å². The number of thiocarbonyl (C=S) groups is 1. The van der Waals surface area contributed by atoms with E-state index >= 15 is 0 Å². The van der Waals surface area contributed by atoms with Crippen LogP contribution in [0.4, 0.5) is 5.69 Å². The summed E-state index contributed by atoms with van der Waals surface area (Å²) < 4.78 is 5.50. The molecule has 0 atom stereocenters. The van der Waals surface area contributed by atoms with E-state index in [1.54, 1.807) is 37.3 Å². The van der Waals surface area contributed by atoms with Crippen molar-refractivity contribution >= 4 is 51.5 Å². The Morgan fingerprint density at radius 1 is 0.875 bits per heavy atom. The Morgan fingerprint density at radius 3 is 2.31 bits per heavy atom. The second kappa shape index (κ2) is 10.9. The van der Waals surface area contributed by atoms with Gasteiger partial charge in [-0.25, -0.2) is 0 Å². The largest absolute Gasteiger partial charge is 0.484 e. The summed E-state index contributed by atoms with van der Waals surface area (Å²) in [6.45, 7) is 1.51. The highest BCUT2D eigenvalue weighted by Crippen LogP contribution is 2.20. The van der Waals surface area contributed by atoms with E-state index in [9.17, 15) is 14.4 Å². The molecule has 0 aromatic heterocycles. The van der Waals surface area contributed by atoms with E-state index in [0.29, 0.717) is 23.4 Å². The third-order valence-corrected chi connectivity index (χ3v) is 4.59. The number of hydrogen-bond donors (Lipinski definition) is 4. The molecule has 0 heterocycles. The Balaban J connectivity index is 1.42. The van der Waals surface area contributed by atoms with E-state index in [1.165, 1.54) is 0 Å². The monoisotopic (exact) mass is 450 g/mol. The first-order valence-corrected chi connectivity index (χ1v) is 10.3. The Bertz CT molecular complexity index is 1150. The maximum atomic E-state index is 12.2. The van der Waals surface area contributed by atoms with Gasteiger partial charge in [-0.1, -0.05) is 37.3 Å². The lowest BCUT2D eigenvalue weighted by Crippen LogP contribution is -2.49. The molecule has 9 heteroatoms. The van der Waals surface area contributed by atoms with Crippen LogP contribution in [0.3, 0.4) is 0 Å². The molecule has 0 saturated heterocycles. The lowest BCUT2D eigenvalue weighted by Gasteiger charge is -2.12. The average Bonchev–Trinajstić information content (AvgIpc) is 2.81. The Kier molecular flexibility index (Phi) is 7.71. The van der Waals surface area contributed by atoms with Gasteiger partial charge < -0.3 is 10.1 Å². The van der Waals surface area contributed by atoms with E-state index in [4.69, 9.17) is 17.0 Å². The zero-order chi connectivity index (χ0) is 22.9. The van der Waals surface area contributed by atoms with Crippen LogP contribution in [0.1, 0.15) is 23.7 Å². The van der Waals surface area contributed by atoms with Gasteiger partial charge in [0, 0.05) is 17.7 Å². The van der Waals surface area contributed by atoms with E-state index in [1.807, 2.05) is 36.4 Å². The molecule has 0 radical (unpaired) electrons. The van der Waals surface area contributed by atoms with Crippen molar-refractivity contribution in [1.29, 1.82) is 0 Å². The number of carbonyl (C=O) groups excluding carboxylic acids is 3. The van der Waals surface area contributed by atoms with Crippen molar-refractivity contribution < 1.29 is 19.1 Å². The third-order valence-electron chi connectivity index (χ3n) is 4.39. The van der Waals surface area contributed by atoms with Gasteiger partial charge in [-0.3, -0.25) is 30.6 Å². The topological polar surface area (TPSA) is 109 Å². The molecule has 0 unspecified atom stereocenters. The van der Waals surface area contributed by atoms with E-state index in [2.05, 4.69) is 21.5 Å². The number of anilines is 1. The maximum Gasteiger partial charge on any atom is 0.269 e. The van der Waals surface area contributed by atoms with Crippen molar-refractivity contribution in [1.82, 2.24) is 16.2 Å². The fraction of sp³-hybridized carbons (Fsp3) is 0.130. The summed E-state index contributed by atoms with van der Waals surface area (Å²) in [5, 5.41) is 7.13. The standard InChI is InChI=1S/C23H22N4O4S/c1-2-20(28)24-18-10-7-16(8-11-18)22(30)26-27-23(32)25-21(29)14-31-19-12-9-15-5-3-4-6-17(15)13-19/h3-13H,2,14H2,1H3,(H,24,28)(H,26,30)(H2,25,27,29,32). The summed E-state index contributed by atoms with van der Waals surface area (Å²) >= 11 is 5.01. The minimum atomic E-state index is -0.471. The normalized spacial score (nSPS) is 10.2. The second-order valence-electron chi connectivity index (χ2n) is 6.73. The molecule has 0 spiro atoms. The number of amides is 3. The fourth-order valence-corrected chi connectivity index (χ4v) is 2.90. The molecule has 0 fully saturated rings. The van der Waals surface area contributed by atoms with Crippen LogP contribution in [0.5, 0.6) is 5.75 Å². The highest BCUT2D eigenvalue weighted by molar-refractivity contribution is 7.80. The van der Waals surface area contributed by atoms with Crippen LogP contribution in [-0.4, -0.2) is 29.4 Å². The summed E-state index contributed by atoms with van der Waals surface area (Å²) in [5.41, 5.74) is 5.80. The molecule has 8 nitrogen and oxygen atoms in total. The molecule has 32 heavy (non-hydrogen) atoms. The molecule has 0 aliphatic rings. The minimum absolute atomic E-state index is 0.0720. The van der Waals surface area contributed by atoms with Crippen LogP contribution in [0.15, 0.2) is 66.7 Å². The zero-order valence-corrected chi connectivity index (χ0v) is 18.1. The van der Waals surface area contributed by atoms with Crippen molar-refractivity contribution in [3.05, 3.63) is 72.3 Å². The number of nitrogens with one attached hydrogen (secondary N) is 4. The molecular weight excluding hydrogens is 428 g/mol. The highest BCUT2D eigenvalue weighted by Gasteiger charge is 2.09. The fourth-order valence-electron chi connectivity index (χ4n) is 2.74. The predicted molar refractivity (Wildman–Crippen MR) is 126 cm³/mol. The first-order chi connectivity index (χ1) is 15.4. The predicted octanol–water partition coefficient (Wildman–Crippen LogP) is 2.90. The van der Waals surface area contributed by atoms with Gasteiger partial charge in [0.05, 0.1) is 0 Å². The number of benzene rings is 3. The van der Waals surface area contributed by atoms with Crippen molar-refractivity contribution in [2.45, 2.75) is 13.3 Å². The molecule has 164 valence electrons. The van der Waals surface area contributed by atoms with Gasteiger partial charge >= 0.3 is 0 Å². The second-order valence-corrected chi connectivity index (χ2v) is 7.14. The van der Waals surface area contributed by atoms with Crippen LogP contribution in [0.2, 0.25) is 0 Å². The van der Waals surface area contributed by atoms with E-state index < -0.39 is 11.8 Å². The molecule has 0 aliphatic carbocycles. The molecule has 4 N–H and O–H groups in total. The zero-order valence-electron chi connectivity index (χ0n) is 17.3. The number of ether oxygens (including phenoxy) is 1. The first kappa shape index (κ1) is 22.7. The van der Waals surface area contributed by atoms with E-state index in [-0.39, 0.29) is 17.6 Å². The SMILES string of the molecule is CCC(=O)Nc1ccc(C(=O)NNC(=S)NC(=O)COc2ccc3ccccc3c2)cc1. The highest BCUT2D eigenvalue weighted by atomic mass is 32.1. The van der Waals surface area contributed by atoms with Gasteiger partial charge in [-0.15, -0.1) is 0 Å². The van der Waals surface area contributed by atoms with Crippen LogP contribution in [0.25, 0.3) is 10.8 Å². The Hall–Kier alpha value is -3.98. The number of rotatable bonds is 6. The molecule has 3 aromatic rings. The van der Waals surface area contributed by atoms with Gasteiger partial charge in [0.25, 0.3) is 11.8 Å². The van der Waals surface area contributed by atoms with Crippen LogP contribution < -0.4 is 26.2 Å². The van der Waals surface area contributed by atoms with Gasteiger partial charge in [-0.2, -0.15) is 0 Å². The first-order valence-electron chi connectivity index (χ1n) is 9.86. The molecule has 0 saturated carbocycles. The average molecular weight is 451 g/mol. The lowest BCUT2D eigenvalue weighted by molar-refractivity contribution is -0.121. The van der Waals surface area contributed by atoms with Crippen molar-refractivity contribution in [2.75, 3.05) is 11.9 Å². The molecule has 3 amide bonds. The number of hydrazine groups is 1. The molecule has 0 bridgehead atoms.